The predicted octanol–water partition coefficient (Wildman–Crippen LogP) is 5.39. The standard InChI is InChI=1S/C18H35O5P/c1-4-16-24(21,22)23-15-13-11-9-7-8-10-12-14-18(5-2,6-3)17(19)20/h4H,1,5-16H2,2-3H3,(H,19,20)(H,21,22). The Morgan fingerprint density at radius 2 is 1.58 bits per heavy atom. The molecule has 2 N–H and O–H groups in total. The number of unbranched alkanes of at least 4 members (excludes halogenated alkanes) is 6. The predicted molar refractivity (Wildman–Crippen MR) is 98.4 cm³/mol. The lowest BCUT2D eigenvalue weighted by molar-refractivity contribution is -0.150. The van der Waals surface area contributed by atoms with Crippen LogP contribution in [0.25, 0.3) is 0 Å². The van der Waals surface area contributed by atoms with Crippen molar-refractivity contribution in [3.05, 3.63) is 12.7 Å². The van der Waals surface area contributed by atoms with E-state index in [1.54, 1.807) is 0 Å². The summed E-state index contributed by atoms with van der Waals surface area (Å²) < 4.78 is 16.4. The summed E-state index contributed by atoms with van der Waals surface area (Å²) >= 11 is 0. The molecule has 0 aliphatic heterocycles. The van der Waals surface area contributed by atoms with E-state index in [1.165, 1.54) is 6.08 Å². The van der Waals surface area contributed by atoms with Gasteiger partial charge in [-0.3, -0.25) is 9.36 Å². The Bertz CT molecular complexity index is 404. The first kappa shape index (κ1) is 23.4. The fraction of sp³-hybridized carbons (Fsp3) is 0.833. The van der Waals surface area contributed by atoms with Gasteiger partial charge in [0.15, 0.2) is 0 Å². The lowest BCUT2D eigenvalue weighted by Crippen LogP contribution is -2.29. The van der Waals surface area contributed by atoms with Gasteiger partial charge in [0.2, 0.25) is 0 Å². The average Bonchev–Trinajstić information content (AvgIpc) is 2.52. The average molecular weight is 362 g/mol. The molecular formula is C18H35O5P. The summed E-state index contributed by atoms with van der Waals surface area (Å²) in [6.07, 6.45) is 10.6. The summed E-state index contributed by atoms with van der Waals surface area (Å²) in [5.74, 6) is -0.662. The Morgan fingerprint density at radius 3 is 2.04 bits per heavy atom. The molecule has 5 nitrogen and oxygen atoms in total. The second kappa shape index (κ2) is 12.7. The van der Waals surface area contributed by atoms with Crippen LogP contribution >= 0.6 is 7.60 Å². The van der Waals surface area contributed by atoms with Crippen LogP contribution in [-0.4, -0.2) is 28.7 Å². The highest BCUT2D eigenvalue weighted by Crippen LogP contribution is 2.41. The summed E-state index contributed by atoms with van der Waals surface area (Å²) in [6, 6.07) is 0. The third-order valence-electron chi connectivity index (χ3n) is 4.76. The molecule has 1 unspecified atom stereocenters. The van der Waals surface area contributed by atoms with Crippen LogP contribution in [0.5, 0.6) is 0 Å². The van der Waals surface area contributed by atoms with Crippen molar-refractivity contribution in [1.29, 1.82) is 0 Å². The fourth-order valence-corrected chi connectivity index (χ4v) is 3.73. The number of aliphatic carboxylic acids is 1. The van der Waals surface area contributed by atoms with Crippen molar-refractivity contribution in [2.45, 2.75) is 78.1 Å². The third kappa shape index (κ3) is 9.61. The van der Waals surface area contributed by atoms with Gasteiger partial charge in [0.05, 0.1) is 18.2 Å². The molecule has 24 heavy (non-hydrogen) atoms. The van der Waals surface area contributed by atoms with E-state index in [2.05, 4.69) is 6.58 Å². The van der Waals surface area contributed by atoms with E-state index in [4.69, 9.17) is 4.52 Å². The molecule has 0 aromatic heterocycles. The zero-order valence-corrected chi connectivity index (χ0v) is 16.2. The van der Waals surface area contributed by atoms with Crippen molar-refractivity contribution >= 4 is 13.6 Å². The van der Waals surface area contributed by atoms with Gasteiger partial charge < -0.3 is 14.5 Å². The first-order chi connectivity index (χ1) is 11.3. The minimum absolute atomic E-state index is 0.000351. The van der Waals surface area contributed by atoms with Crippen molar-refractivity contribution < 1.29 is 23.9 Å². The molecule has 0 fully saturated rings. The highest BCUT2D eigenvalue weighted by atomic mass is 31.2. The third-order valence-corrected chi connectivity index (χ3v) is 6.07. The fourth-order valence-electron chi connectivity index (χ4n) is 2.89. The summed E-state index contributed by atoms with van der Waals surface area (Å²) in [5.41, 5.74) is -0.541. The monoisotopic (exact) mass is 362 g/mol. The van der Waals surface area contributed by atoms with Crippen LogP contribution in [0.15, 0.2) is 12.7 Å². The van der Waals surface area contributed by atoms with Crippen molar-refractivity contribution in [1.82, 2.24) is 0 Å². The second-order valence-electron chi connectivity index (χ2n) is 6.46. The lowest BCUT2D eigenvalue weighted by Gasteiger charge is -2.26. The molecule has 0 aromatic carbocycles. The van der Waals surface area contributed by atoms with E-state index < -0.39 is 19.0 Å². The molecule has 0 radical (unpaired) electrons. The molecule has 0 saturated heterocycles. The van der Waals surface area contributed by atoms with Gasteiger partial charge in [0.1, 0.15) is 0 Å². The number of carboxylic acid groups (broad SMARTS) is 1. The summed E-state index contributed by atoms with van der Waals surface area (Å²) in [7, 11) is -3.46. The van der Waals surface area contributed by atoms with E-state index in [0.29, 0.717) is 19.4 Å². The van der Waals surface area contributed by atoms with Gasteiger partial charge in [-0.2, -0.15) is 0 Å². The van der Waals surface area contributed by atoms with Gasteiger partial charge in [-0.25, -0.2) is 0 Å². The number of hydrogen-bond acceptors (Lipinski definition) is 3. The molecule has 0 amide bonds. The molecule has 0 rings (SSSR count). The topological polar surface area (TPSA) is 83.8 Å². The highest BCUT2D eigenvalue weighted by Gasteiger charge is 2.33. The Morgan fingerprint density at radius 1 is 1.08 bits per heavy atom. The van der Waals surface area contributed by atoms with Gasteiger partial charge >= 0.3 is 13.6 Å². The number of carbonyl (C=O) groups is 1. The lowest BCUT2D eigenvalue weighted by atomic mass is 9.78. The molecule has 0 heterocycles. The molecular weight excluding hydrogens is 327 g/mol. The number of hydrogen-bond donors (Lipinski definition) is 2. The van der Waals surface area contributed by atoms with Crippen LogP contribution in [0.4, 0.5) is 0 Å². The second-order valence-corrected chi connectivity index (χ2v) is 8.36. The Balaban J connectivity index is 3.63. The van der Waals surface area contributed by atoms with E-state index >= 15 is 0 Å². The van der Waals surface area contributed by atoms with Crippen molar-refractivity contribution in [2.75, 3.05) is 12.8 Å². The summed E-state index contributed by atoms with van der Waals surface area (Å²) in [5, 5.41) is 9.38. The highest BCUT2D eigenvalue weighted by molar-refractivity contribution is 7.53. The zero-order valence-electron chi connectivity index (χ0n) is 15.3. The summed E-state index contributed by atoms with van der Waals surface area (Å²) in [4.78, 5) is 20.8. The first-order valence-corrected chi connectivity index (χ1v) is 10.9. The van der Waals surface area contributed by atoms with Crippen LogP contribution in [0.3, 0.4) is 0 Å². The summed E-state index contributed by atoms with van der Waals surface area (Å²) in [6.45, 7) is 7.66. The van der Waals surface area contributed by atoms with Gasteiger partial charge in [0.25, 0.3) is 0 Å². The zero-order chi connectivity index (χ0) is 18.5. The SMILES string of the molecule is C=CCP(=O)(O)OCCCCCCCCCC(CC)(CC)C(=O)O. The molecule has 0 saturated carbocycles. The Kier molecular flexibility index (Phi) is 12.3. The molecule has 0 aromatic rings. The molecule has 0 aliphatic carbocycles. The number of allylic oxidation sites excluding steroid dienone is 1. The number of rotatable bonds is 16. The maximum atomic E-state index is 11.4. The van der Waals surface area contributed by atoms with Gasteiger partial charge in [-0.1, -0.05) is 58.4 Å². The van der Waals surface area contributed by atoms with E-state index in [0.717, 1.165) is 51.4 Å². The van der Waals surface area contributed by atoms with Gasteiger partial charge in [-0.15, -0.1) is 6.58 Å². The van der Waals surface area contributed by atoms with Crippen LogP contribution in [-0.2, 0) is 13.9 Å². The maximum Gasteiger partial charge on any atom is 0.331 e. The molecule has 0 spiro atoms. The number of carboxylic acids is 1. The van der Waals surface area contributed by atoms with Crippen LogP contribution in [0.2, 0.25) is 0 Å². The Labute approximate surface area is 147 Å². The van der Waals surface area contributed by atoms with Crippen molar-refractivity contribution in [2.24, 2.45) is 5.41 Å². The largest absolute Gasteiger partial charge is 0.481 e. The quantitative estimate of drug-likeness (QED) is 0.219. The van der Waals surface area contributed by atoms with E-state index in [1.807, 2.05) is 13.8 Å². The van der Waals surface area contributed by atoms with E-state index in [9.17, 15) is 19.4 Å². The van der Waals surface area contributed by atoms with Gasteiger partial charge in [-0.05, 0) is 25.7 Å². The minimum atomic E-state index is -3.46. The van der Waals surface area contributed by atoms with Crippen LogP contribution in [0, 0.1) is 5.41 Å². The Hall–Kier alpha value is -0.640. The van der Waals surface area contributed by atoms with Gasteiger partial charge in [0, 0.05) is 0 Å². The molecule has 0 aliphatic rings. The molecule has 1 atom stereocenters. The normalized spacial score (nSPS) is 14.3. The molecule has 142 valence electrons. The first-order valence-electron chi connectivity index (χ1n) is 9.14. The van der Waals surface area contributed by atoms with Crippen molar-refractivity contribution in [3.63, 3.8) is 0 Å². The minimum Gasteiger partial charge on any atom is -0.481 e. The smallest absolute Gasteiger partial charge is 0.331 e. The van der Waals surface area contributed by atoms with Crippen molar-refractivity contribution in [3.8, 4) is 0 Å². The molecule has 0 bridgehead atoms. The van der Waals surface area contributed by atoms with Crippen LogP contribution in [0.1, 0.15) is 78.1 Å². The maximum absolute atomic E-state index is 11.4. The van der Waals surface area contributed by atoms with E-state index in [-0.39, 0.29) is 6.16 Å². The molecule has 6 heteroatoms. The van der Waals surface area contributed by atoms with Crippen LogP contribution < -0.4 is 0 Å².